The highest BCUT2D eigenvalue weighted by molar-refractivity contribution is 5.99. The van der Waals surface area contributed by atoms with E-state index in [0.29, 0.717) is 18.7 Å². The first-order valence-electron chi connectivity index (χ1n) is 9.83. The van der Waals surface area contributed by atoms with Gasteiger partial charge in [0, 0.05) is 25.3 Å². The van der Waals surface area contributed by atoms with Crippen LogP contribution in [0.25, 0.3) is 0 Å². The van der Waals surface area contributed by atoms with Crippen LogP contribution in [-0.4, -0.2) is 43.5 Å². The molecule has 0 fully saturated rings. The molecule has 2 aromatic carbocycles. The highest BCUT2D eigenvalue weighted by Gasteiger charge is 2.20. The number of nitrogens with one attached hydrogen (secondary N) is 1. The van der Waals surface area contributed by atoms with Gasteiger partial charge in [0.1, 0.15) is 5.69 Å². The minimum absolute atomic E-state index is 0.0113. The summed E-state index contributed by atoms with van der Waals surface area (Å²) in [7, 11) is 1.53. The molecule has 0 heterocycles. The molecular weight excluding hydrogens is 388 g/mol. The van der Waals surface area contributed by atoms with E-state index in [0.717, 1.165) is 31.7 Å². The van der Waals surface area contributed by atoms with Crippen LogP contribution in [0.2, 0.25) is 0 Å². The molecule has 0 aromatic heterocycles. The van der Waals surface area contributed by atoms with Crippen molar-refractivity contribution in [2.75, 3.05) is 32.2 Å². The highest BCUT2D eigenvalue weighted by atomic mass is 16.6. The molecule has 30 heavy (non-hydrogen) atoms. The molecule has 0 bridgehead atoms. The fraction of sp³-hybridized carbons (Fsp3) is 0.364. The van der Waals surface area contributed by atoms with Crippen molar-refractivity contribution in [3.8, 4) is 0 Å². The molecule has 158 valence electrons. The maximum Gasteiger partial charge on any atom is 0.338 e. The van der Waals surface area contributed by atoms with Crippen LogP contribution >= 0.6 is 0 Å². The van der Waals surface area contributed by atoms with Crippen LogP contribution in [0.5, 0.6) is 0 Å². The number of nitrogens with zero attached hydrogens (tertiary/aromatic N) is 1. The molecule has 0 saturated carbocycles. The summed E-state index contributed by atoms with van der Waals surface area (Å²) < 4.78 is 10.0. The Morgan fingerprint density at radius 3 is 2.53 bits per heavy atom. The quantitative estimate of drug-likeness (QED) is 0.220. The Morgan fingerprint density at radius 1 is 1.07 bits per heavy atom. The molecule has 3 rings (SSSR count). The number of hydrogen-bond acceptors (Lipinski definition) is 7. The standard InChI is InChI=1S/C22H24N2O6/c1-29-11-10-23-19-9-8-18(13-20(19)24(27)28)22(26)30-14-21(25)17-7-6-15-4-2-3-5-16(15)12-17/h6-9,12-13,23H,2-5,10-11,14H2,1H3. The summed E-state index contributed by atoms with van der Waals surface area (Å²) in [6.45, 7) is 0.349. The number of rotatable bonds is 9. The van der Waals surface area contributed by atoms with E-state index < -0.39 is 17.5 Å². The van der Waals surface area contributed by atoms with Crippen molar-refractivity contribution in [1.82, 2.24) is 0 Å². The number of carbonyl (C=O) groups is 2. The van der Waals surface area contributed by atoms with Crippen molar-refractivity contribution in [2.45, 2.75) is 25.7 Å². The van der Waals surface area contributed by atoms with Crippen LogP contribution in [0, 0.1) is 10.1 Å². The topological polar surface area (TPSA) is 108 Å². The summed E-state index contributed by atoms with van der Waals surface area (Å²) in [5, 5.41) is 14.2. The fourth-order valence-electron chi connectivity index (χ4n) is 3.45. The van der Waals surface area contributed by atoms with Crippen molar-refractivity contribution < 1.29 is 24.0 Å². The average Bonchev–Trinajstić information content (AvgIpc) is 2.77. The molecule has 1 aliphatic carbocycles. The van der Waals surface area contributed by atoms with Crippen molar-refractivity contribution in [3.63, 3.8) is 0 Å². The van der Waals surface area contributed by atoms with Crippen molar-refractivity contribution in [1.29, 1.82) is 0 Å². The van der Waals surface area contributed by atoms with E-state index in [9.17, 15) is 19.7 Å². The van der Waals surface area contributed by atoms with E-state index in [1.807, 2.05) is 12.1 Å². The SMILES string of the molecule is COCCNc1ccc(C(=O)OCC(=O)c2ccc3c(c2)CCCC3)cc1[N+](=O)[O-]. The minimum Gasteiger partial charge on any atom is -0.454 e. The summed E-state index contributed by atoms with van der Waals surface area (Å²) in [4.78, 5) is 35.5. The van der Waals surface area contributed by atoms with Gasteiger partial charge in [0.25, 0.3) is 5.69 Å². The van der Waals surface area contributed by atoms with Gasteiger partial charge in [-0.1, -0.05) is 12.1 Å². The third-order valence-electron chi connectivity index (χ3n) is 5.06. The highest BCUT2D eigenvalue weighted by Crippen LogP contribution is 2.26. The van der Waals surface area contributed by atoms with Gasteiger partial charge in [-0.05, 0) is 55.0 Å². The van der Waals surface area contributed by atoms with Gasteiger partial charge in [0.2, 0.25) is 0 Å². The van der Waals surface area contributed by atoms with Crippen LogP contribution in [0.15, 0.2) is 36.4 Å². The number of nitro groups is 1. The molecule has 8 nitrogen and oxygen atoms in total. The Kier molecular flexibility index (Phi) is 7.13. The summed E-state index contributed by atoms with van der Waals surface area (Å²) in [6, 6.07) is 9.59. The normalized spacial score (nSPS) is 12.7. The molecule has 0 spiro atoms. The zero-order chi connectivity index (χ0) is 21.5. The first-order chi connectivity index (χ1) is 14.5. The Labute approximate surface area is 174 Å². The number of anilines is 1. The molecule has 0 saturated heterocycles. The molecule has 0 unspecified atom stereocenters. The second-order valence-electron chi connectivity index (χ2n) is 7.10. The Morgan fingerprint density at radius 2 is 1.80 bits per heavy atom. The summed E-state index contributed by atoms with van der Waals surface area (Å²) in [6.07, 6.45) is 4.23. The van der Waals surface area contributed by atoms with Crippen molar-refractivity contribution in [2.24, 2.45) is 0 Å². The van der Waals surface area contributed by atoms with E-state index in [1.54, 1.807) is 6.07 Å². The van der Waals surface area contributed by atoms with Crippen LogP contribution < -0.4 is 5.32 Å². The van der Waals surface area contributed by atoms with E-state index in [1.165, 1.54) is 30.4 Å². The third-order valence-corrected chi connectivity index (χ3v) is 5.06. The van der Waals surface area contributed by atoms with Gasteiger partial charge in [-0.2, -0.15) is 0 Å². The number of ether oxygens (including phenoxy) is 2. The van der Waals surface area contributed by atoms with Crippen LogP contribution in [0.4, 0.5) is 11.4 Å². The molecule has 0 aliphatic heterocycles. The zero-order valence-corrected chi connectivity index (χ0v) is 16.8. The number of nitro benzene ring substituents is 1. The summed E-state index contributed by atoms with van der Waals surface area (Å²) in [5.41, 5.74) is 2.98. The van der Waals surface area contributed by atoms with Crippen LogP contribution in [0.3, 0.4) is 0 Å². The number of esters is 1. The van der Waals surface area contributed by atoms with E-state index in [-0.39, 0.29) is 22.7 Å². The van der Waals surface area contributed by atoms with Gasteiger partial charge in [0.15, 0.2) is 12.4 Å². The Bertz CT molecular complexity index is 957. The smallest absolute Gasteiger partial charge is 0.338 e. The molecule has 1 aliphatic rings. The number of Topliss-reactive ketones (excluding diaryl/α,β-unsaturated/α-hetero) is 1. The van der Waals surface area contributed by atoms with Crippen molar-refractivity contribution >= 4 is 23.1 Å². The van der Waals surface area contributed by atoms with Crippen LogP contribution in [-0.2, 0) is 22.3 Å². The molecule has 0 amide bonds. The lowest BCUT2D eigenvalue weighted by Gasteiger charge is -2.16. The van der Waals surface area contributed by atoms with E-state index >= 15 is 0 Å². The van der Waals surface area contributed by atoms with Gasteiger partial charge in [0.05, 0.1) is 17.1 Å². The number of aryl methyl sites for hydroxylation is 2. The van der Waals surface area contributed by atoms with E-state index in [2.05, 4.69) is 5.32 Å². The van der Waals surface area contributed by atoms with Crippen LogP contribution in [0.1, 0.15) is 44.7 Å². The van der Waals surface area contributed by atoms with Gasteiger partial charge >= 0.3 is 5.97 Å². The molecule has 1 N–H and O–H groups in total. The first kappa shape index (κ1) is 21.4. The number of hydrogen-bond donors (Lipinski definition) is 1. The minimum atomic E-state index is -0.784. The third kappa shape index (κ3) is 5.21. The molecule has 8 heteroatoms. The first-order valence-corrected chi connectivity index (χ1v) is 9.83. The zero-order valence-electron chi connectivity index (χ0n) is 16.8. The number of ketones is 1. The maximum absolute atomic E-state index is 12.4. The molecule has 0 atom stereocenters. The maximum atomic E-state index is 12.4. The molecule has 2 aromatic rings. The Balaban J connectivity index is 1.64. The second-order valence-corrected chi connectivity index (χ2v) is 7.10. The summed E-state index contributed by atoms with van der Waals surface area (Å²) >= 11 is 0. The van der Waals surface area contributed by atoms with Crippen molar-refractivity contribution in [3.05, 3.63) is 68.8 Å². The lowest BCUT2D eigenvalue weighted by Crippen LogP contribution is -2.16. The van der Waals surface area contributed by atoms with Gasteiger partial charge in [-0.3, -0.25) is 14.9 Å². The molecular formula is C22H24N2O6. The largest absolute Gasteiger partial charge is 0.454 e. The lowest BCUT2D eigenvalue weighted by molar-refractivity contribution is -0.384. The number of fused-ring (bicyclic) bond motifs is 1. The van der Waals surface area contributed by atoms with Gasteiger partial charge < -0.3 is 14.8 Å². The predicted octanol–water partition coefficient (Wildman–Crippen LogP) is 3.57. The monoisotopic (exact) mass is 412 g/mol. The number of carbonyl (C=O) groups excluding carboxylic acids is 2. The molecule has 0 radical (unpaired) electrons. The Hall–Kier alpha value is -3.26. The lowest BCUT2D eigenvalue weighted by atomic mass is 9.90. The fourth-order valence-corrected chi connectivity index (χ4v) is 3.45. The number of benzene rings is 2. The second kappa shape index (κ2) is 9.98. The van der Waals surface area contributed by atoms with E-state index in [4.69, 9.17) is 9.47 Å². The van der Waals surface area contributed by atoms with Gasteiger partial charge in [-0.15, -0.1) is 0 Å². The summed E-state index contributed by atoms with van der Waals surface area (Å²) in [5.74, 6) is -1.09. The average molecular weight is 412 g/mol. The number of methoxy groups -OCH3 is 1. The van der Waals surface area contributed by atoms with Gasteiger partial charge in [-0.25, -0.2) is 4.79 Å². The predicted molar refractivity (Wildman–Crippen MR) is 111 cm³/mol.